The first-order valence-corrected chi connectivity index (χ1v) is 6.88. The predicted octanol–water partition coefficient (Wildman–Crippen LogP) is 4.02. The normalized spacial score (nSPS) is 12.6. The Balaban J connectivity index is 2.20. The Hall–Kier alpha value is -1.61. The molecule has 1 aromatic heterocycles. The van der Waals surface area contributed by atoms with E-state index < -0.39 is 0 Å². The third kappa shape index (κ3) is 3.24. The molecule has 102 valence electrons. The number of aromatic nitrogens is 1. The van der Waals surface area contributed by atoms with Gasteiger partial charge in [0.05, 0.1) is 12.2 Å². The SMILES string of the molecule is CCCNC(C)c1ncc(-c2ccc(C)cc2C)o1. The molecule has 0 bridgehead atoms. The number of nitrogens with one attached hydrogen (secondary N) is 1. The molecule has 1 unspecified atom stereocenters. The second-order valence-corrected chi connectivity index (χ2v) is 5.06. The predicted molar refractivity (Wildman–Crippen MR) is 78.1 cm³/mol. The Morgan fingerprint density at radius 2 is 2.11 bits per heavy atom. The van der Waals surface area contributed by atoms with Gasteiger partial charge in [-0.3, -0.25) is 0 Å². The molecule has 1 heterocycles. The highest BCUT2D eigenvalue weighted by molar-refractivity contribution is 5.61. The fourth-order valence-corrected chi connectivity index (χ4v) is 2.15. The number of oxazole rings is 1. The van der Waals surface area contributed by atoms with E-state index in [4.69, 9.17) is 4.42 Å². The third-order valence-electron chi connectivity index (χ3n) is 3.24. The molecule has 0 fully saturated rings. The van der Waals surface area contributed by atoms with Crippen LogP contribution in [0.3, 0.4) is 0 Å². The molecular weight excluding hydrogens is 236 g/mol. The van der Waals surface area contributed by atoms with Crippen LogP contribution in [0.4, 0.5) is 0 Å². The lowest BCUT2D eigenvalue weighted by molar-refractivity contribution is 0.423. The summed E-state index contributed by atoms with van der Waals surface area (Å²) in [5.41, 5.74) is 3.60. The van der Waals surface area contributed by atoms with Crippen LogP contribution < -0.4 is 5.32 Å². The van der Waals surface area contributed by atoms with E-state index in [0.29, 0.717) is 0 Å². The quantitative estimate of drug-likeness (QED) is 0.880. The number of hydrogen-bond donors (Lipinski definition) is 1. The molecule has 0 aliphatic carbocycles. The van der Waals surface area contributed by atoms with Crippen LogP contribution in [0, 0.1) is 13.8 Å². The fraction of sp³-hybridized carbons (Fsp3) is 0.438. The van der Waals surface area contributed by atoms with Crippen molar-refractivity contribution >= 4 is 0 Å². The zero-order valence-electron chi connectivity index (χ0n) is 12.2. The van der Waals surface area contributed by atoms with Crippen LogP contribution in [0.15, 0.2) is 28.8 Å². The number of nitrogens with zero attached hydrogens (tertiary/aromatic N) is 1. The summed E-state index contributed by atoms with van der Waals surface area (Å²) in [5.74, 6) is 1.60. The minimum absolute atomic E-state index is 0.152. The van der Waals surface area contributed by atoms with E-state index in [9.17, 15) is 0 Å². The minimum atomic E-state index is 0.152. The monoisotopic (exact) mass is 258 g/mol. The van der Waals surface area contributed by atoms with E-state index >= 15 is 0 Å². The molecule has 0 saturated heterocycles. The summed E-state index contributed by atoms with van der Waals surface area (Å²) in [7, 11) is 0. The number of hydrogen-bond acceptors (Lipinski definition) is 3. The average Bonchev–Trinajstić information content (AvgIpc) is 2.85. The molecule has 1 atom stereocenters. The van der Waals surface area contributed by atoms with E-state index in [0.717, 1.165) is 30.2 Å². The molecule has 0 aliphatic rings. The van der Waals surface area contributed by atoms with Crippen LogP contribution >= 0.6 is 0 Å². The lowest BCUT2D eigenvalue weighted by Crippen LogP contribution is -2.19. The lowest BCUT2D eigenvalue weighted by atomic mass is 10.0. The summed E-state index contributed by atoms with van der Waals surface area (Å²) < 4.78 is 5.88. The smallest absolute Gasteiger partial charge is 0.211 e. The summed E-state index contributed by atoms with van der Waals surface area (Å²) in [6, 6.07) is 6.51. The molecule has 2 aromatic rings. The van der Waals surface area contributed by atoms with Gasteiger partial charge in [-0.25, -0.2) is 4.98 Å². The molecule has 0 radical (unpaired) electrons. The van der Waals surface area contributed by atoms with Gasteiger partial charge >= 0.3 is 0 Å². The summed E-state index contributed by atoms with van der Waals surface area (Å²) >= 11 is 0. The van der Waals surface area contributed by atoms with Gasteiger partial charge in [-0.2, -0.15) is 0 Å². The second-order valence-electron chi connectivity index (χ2n) is 5.06. The Morgan fingerprint density at radius 1 is 1.32 bits per heavy atom. The highest BCUT2D eigenvalue weighted by Gasteiger charge is 2.13. The molecule has 1 N–H and O–H groups in total. The number of rotatable bonds is 5. The molecule has 1 aromatic carbocycles. The minimum Gasteiger partial charge on any atom is -0.439 e. The van der Waals surface area contributed by atoms with Crippen molar-refractivity contribution in [1.82, 2.24) is 10.3 Å². The first-order valence-electron chi connectivity index (χ1n) is 6.88. The third-order valence-corrected chi connectivity index (χ3v) is 3.24. The van der Waals surface area contributed by atoms with Crippen LogP contribution in [-0.2, 0) is 0 Å². The molecule has 2 rings (SSSR count). The van der Waals surface area contributed by atoms with Crippen molar-refractivity contribution in [3.05, 3.63) is 41.4 Å². The van der Waals surface area contributed by atoms with Crippen LogP contribution in [0.25, 0.3) is 11.3 Å². The van der Waals surface area contributed by atoms with Gasteiger partial charge in [-0.05, 0) is 39.3 Å². The highest BCUT2D eigenvalue weighted by atomic mass is 16.4. The van der Waals surface area contributed by atoms with Crippen molar-refractivity contribution in [3.8, 4) is 11.3 Å². The number of aryl methyl sites for hydroxylation is 2. The lowest BCUT2D eigenvalue weighted by Gasteiger charge is -2.08. The Morgan fingerprint density at radius 3 is 2.79 bits per heavy atom. The maximum Gasteiger partial charge on any atom is 0.211 e. The Bertz CT molecular complexity index is 545. The summed E-state index contributed by atoms with van der Waals surface area (Å²) in [5, 5.41) is 3.38. The summed E-state index contributed by atoms with van der Waals surface area (Å²) in [4.78, 5) is 4.38. The van der Waals surface area contributed by atoms with E-state index in [-0.39, 0.29) is 6.04 Å². The van der Waals surface area contributed by atoms with Crippen LogP contribution in [0.2, 0.25) is 0 Å². The van der Waals surface area contributed by atoms with Crippen LogP contribution in [0.5, 0.6) is 0 Å². The van der Waals surface area contributed by atoms with Gasteiger partial charge in [0.1, 0.15) is 0 Å². The topological polar surface area (TPSA) is 38.1 Å². The zero-order valence-corrected chi connectivity index (χ0v) is 12.2. The Kier molecular flexibility index (Phi) is 4.38. The van der Waals surface area contributed by atoms with E-state index in [1.54, 1.807) is 0 Å². The first-order chi connectivity index (χ1) is 9.11. The maximum absolute atomic E-state index is 5.88. The standard InChI is InChI=1S/C16H22N2O/c1-5-8-17-13(4)16-18-10-15(19-16)14-7-6-11(2)9-12(14)3/h6-7,9-10,13,17H,5,8H2,1-4H3. The average molecular weight is 258 g/mol. The van der Waals surface area contributed by atoms with Crippen LogP contribution in [-0.4, -0.2) is 11.5 Å². The van der Waals surface area contributed by atoms with Crippen molar-refractivity contribution in [2.45, 2.75) is 40.2 Å². The van der Waals surface area contributed by atoms with Gasteiger partial charge in [0.2, 0.25) is 5.89 Å². The first kappa shape index (κ1) is 13.8. The summed E-state index contributed by atoms with van der Waals surface area (Å²) in [6.45, 7) is 9.40. The van der Waals surface area contributed by atoms with Gasteiger partial charge in [0.25, 0.3) is 0 Å². The molecule has 0 aliphatic heterocycles. The number of benzene rings is 1. The maximum atomic E-state index is 5.88. The van der Waals surface area contributed by atoms with E-state index in [1.807, 2.05) is 6.20 Å². The molecule has 0 spiro atoms. The van der Waals surface area contributed by atoms with Crippen LogP contribution in [0.1, 0.15) is 43.3 Å². The molecule has 3 nitrogen and oxygen atoms in total. The fourth-order valence-electron chi connectivity index (χ4n) is 2.15. The van der Waals surface area contributed by atoms with Crippen molar-refractivity contribution < 1.29 is 4.42 Å². The molecule has 0 amide bonds. The van der Waals surface area contributed by atoms with Gasteiger partial charge in [-0.1, -0.05) is 30.7 Å². The van der Waals surface area contributed by atoms with Gasteiger partial charge in [0.15, 0.2) is 5.76 Å². The highest BCUT2D eigenvalue weighted by Crippen LogP contribution is 2.26. The summed E-state index contributed by atoms with van der Waals surface area (Å²) in [6.07, 6.45) is 2.92. The van der Waals surface area contributed by atoms with Gasteiger partial charge in [-0.15, -0.1) is 0 Å². The molecule has 0 saturated carbocycles. The van der Waals surface area contributed by atoms with Gasteiger partial charge in [0, 0.05) is 5.56 Å². The molecule has 3 heteroatoms. The largest absolute Gasteiger partial charge is 0.439 e. The Labute approximate surface area is 115 Å². The van der Waals surface area contributed by atoms with Crippen molar-refractivity contribution in [2.75, 3.05) is 6.54 Å². The zero-order chi connectivity index (χ0) is 13.8. The molecular formula is C16H22N2O. The van der Waals surface area contributed by atoms with Crippen molar-refractivity contribution in [3.63, 3.8) is 0 Å². The molecule has 19 heavy (non-hydrogen) atoms. The van der Waals surface area contributed by atoms with Crippen molar-refractivity contribution in [2.24, 2.45) is 0 Å². The van der Waals surface area contributed by atoms with E-state index in [1.165, 1.54) is 11.1 Å². The second kappa shape index (κ2) is 6.02. The van der Waals surface area contributed by atoms with E-state index in [2.05, 4.69) is 56.2 Å². The van der Waals surface area contributed by atoms with Gasteiger partial charge < -0.3 is 9.73 Å². The van der Waals surface area contributed by atoms with Crippen molar-refractivity contribution in [1.29, 1.82) is 0 Å².